The van der Waals surface area contributed by atoms with E-state index in [1.807, 2.05) is 0 Å². The quantitative estimate of drug-likeness (QED) is 0.175. The summed E-state index contributed by atoms with van der Waals surface area (Å²) in [7, 11) is 0. The van der Waals surface area contributed by atoms with Crippen LogP contribution in [0.25, 0.3) is 0 Å². The van der Waals surface area contributed by atoms with Gasteiger partial charge in [-0.15, -0.1) is 0 Å². The van der Waals surface area contributed by atoms with Crippen LogP contribution in [0.15, 0.2) is 4.99 Å². The molecule has 0 saturated carbocycles. The molecule has 1 aliphatic heterocycles. The normalized spacial score (nSPS) is 12.1. The van der Waals surface area contributed by atoms with Crippen molar-refractivity contribution < 1.29 is 24.0 Å². The molecular weight excluding hydrogens is 358 g/mol. The molecule has 0 bridgehead atoms. The molecule has 0 saturated heterocycles. The van der Waals surface area contributed by atoms with E-state index in [1.165, 1.54) is 44.9 Å². The number of hydrogen-bond donors (Lipinski definition) is 0. The minimum atomic E-state index is -1.28. The molecule has 1 rings (SSSR count). The first-order valence-electron chi connectivity index (χ1n) is 8.87. The van der Waals surface area contributed by atoms with Gasteiger partial charge in [0.05, 0.1) is 13.1 Å². The van der Waals surface area contributed by atoms with Crippen molar-refractivity contribution in [1.29, 1.82) is 0 Å². The molecule has 1 heterocycles. The van der Waals surface area contributed by atoms with Crippen LogP contribution in [-0.4, -0.2) is 102 Å². The standard InChI is InChI=1S/C17H28N2O5.2Na.2H/c1-2-3-4-5-6-7-8-9-10-11-15(20)23-16(21)17(22)24-19-13-12-18-14-19;;;;/h14H,2-13H2,1H3;;;;. The van der Waals surface area contributed by atoms with Gasteiger partial charge in [0.1, 0.15) is 6.34 Å². The summed E-state index contributed by atoms with van der Waals surface area (Å²) < 4.78 is 4.47. The Morgan fingerprint density at radius 2 is 1.50 bits per heavy atom. The number of nitrogens with zero attached hydrogens (tertiary/aromatic N) is 2. The first kappa shape index (κ1) is 28.3. The third kappa shape index (κ3) is 14.2. The zero-order valence-electron chi connectivity index (χ0n) is 14.5. The SMILES string of the molecule is CCCCCCCCCCCC(=O)OC(=O)C(=O)ON1C=NCC1.[NaH].[NaH]. The average molecular weight is 388 g/mol. The molecule has 0 fully saturated rings. The van der Waals surface area contributed by atoms with Crippen LogP contribution in [0.5, 0.6) is 0 Å². The van der Waals surface area contributed by atoms with E-state index >= 15 is 0 Å². The van der Waals surface area contributed by atoms with E-state index in [4.69, 9.17) is 4.84 Å². The number of carbonyl (C=O) groups excluding carboxylic acids is 3. The van der Waals surface area contributed by atoms with Gasteiger partial charge in [0.15, 0.2) is 0 Å². The molecule has 26 heavy (non-hydrogen) atoms. The average Bonchev–Trinajstić information content (AvgIpc) is 3.06. The first-order valence-corrected chi connectivity index (χ1v) is 8.87. The molecule has 0 aliphatic carbocycles. The van der Waals surface area contributed by atoms with Crippen LogP contribution in [0.3, 0.4) is 0 Å². The van der Waals surface area contributed by atoms with Gasteiger partial charge in [-0.05, 0) is 6.42 Å². The van der Waals surface area contributed by atoms with E-state index in [2.05, 4.69) is 16.7 Å². The molecule has 0 unspecified atom stereocenters. The molecule has 7 nitrogen and oxygen atoms in total. The van der Waals surface area contributed by atoms with Crippen LogP contribution >= 0.6 is 0 Å². The molecule has 0 aromatic heterocycles. The summed E-state index contributed by atoms with van der Waals surface area (Å²) in [5.41, 5.74) is 0. The number of aliphatic imine (C=N–C) groups is 1. The predicted molar refractivity (Wildman–Crippen MR) is 103 cm³/mol. The summed E-state index contributed by atoms with van der Waals surface area (Å²) in [6, 6.07) is 0. The second-order valence-electron chi connectivity index (χ2n) is 5.88. The summed E-state index contributed by atoms with van der Waals surface area (Å²) in [5, 5.41) is 1.13. The minimum absolute atomic E-state index is 0. The van der Waals surface area contributed by atoms with Crippen LogP contribution in [0.4, 0.5) is 0 Å². The first-order chi connectivity index (χ1) is 11.6. The summed E-state index contributed by atoms with van der Waals surface area (Å²) >= 11 is 0. The predicted octanol–water partition coefficient (Wildman–Crippen LogP) is 1.48. The van der Waals surface area contributed by atoms with Gasteiger partial charge in [0, 0.05) is 6.42 Å². The molecule has 0 radical (unpaired) electrons. The molecule has 0 atom stereocenters. The van der Waals surface area contributed by atoms with Gasteiger partial charge in [-0.1, -0.05) is 58.3 Å². The van der Waals surface area contributed by atoms with Crippen LogP contribution in [-0.2, 0) is 24.0 Å². The van der Waals surface area contributed by atoms with Crippen LogP contribution in [0, 0.1) is 0 Å². The van der Waals surface area contributed by atoms with Gasteiger partial charge in [0.25, 0.3) is 0 Å². The molecule has 0 aromatic rings. The fourth-order valence-electron chi connectivity index (χ4n) is 2.35. The van der Waals surface area contributed by atoms with Crippen molar-refractivity contribution in [1.82, 2.24) is 5.06 Å². The van der Waals surface area contributed by atoms with E-state index in [1.54, 1.807) is 0 Å². The third-order valence-electron chi connectivity index (χ3n) is 3.72. The maximum absolute atomic E-state index is 11.5. The van der Waals surface area contributed by atoms with Crippen LogP contribution in [0.2, 0.25) is 0 Å². The van der Waals surface area contributed by atoms with Gasteiger partial charge in [-0.2, -0.15) is 5.06 Å². The second kappa shape index (κ2) is 18.4. The monoisotopic (exact) mass is 388 g/mol. The van der Waals surface area contributed by atoms with Crippen molar-refractivity contribution in [3.05, 3.63) is 0 Å². The number of esters is 2. The molecule has 0 N–H and O–H groups in total. The van der Waals surface area contributed by atoms with E-state index in [-0.39, 0.29) is 65.5 Å². The van der Waals surface area contributed by atoms with E-state index in [9.17, 15) is 14.4 Å². The Kier molecular flexibility index (Phi) is 20.1. The van der Waals surface area contributed by atoms with Crippen molar-refractivity contribution in [3.63, 3.8) is 0 Å². The Morgan fingerprint density at radius 1 is 0.923 bits per heavy atom. The number of hydrogen-bond acceptors (Lipinski definition) is 7. The number of unbranched alkanes of at least 4 members (excludes halogenated alkanes) is 8. The molecule has 0 amide bonds. The second-order valence-corrected chi connectivity index (χ2v) is 5.88. The molecule has 9 heteroatoms. The van der Waals surface area contributed by atoms with Crippen LogP contribution < -0.4 is 0 Å². The number of hydroxylamine groups is 2. The van der Waals surface area contributed by atoms with Crippen LogP contribution in [0.1, 0.15) is 71.1 Å². The Labute approximate surface area is 200 Å². The zero-order chi connectivity index (χ0) is 17.6. The molecule has 1 aliphatic rings. The number of carbonyl (C=O) groups is 3. The summed E-state index contributed by atoms with van der Waals surface area (Å²) in [6.45, 7) is 3.09. The van der Waals surface area contributed by atoms with E-state index in [0.717, 1.165) is 17.9 Å². The topological polar surface area (TPSA) is 85.3 Å². The van der Waals surface area contributed by atoms with E-state index < -0.39 is 17.9 Å². The molecule has 0 aromatic carbocycles. The zero-order valence-corrected chi connectivity index (χ0v) is 14.5. The summed E-state index contributed by atoms with van der Waals surface area (Å²) in [5.74, 6) is -3.17. The van der Waals surface area contributed by atoms with Gasteiger partial charge < -0.3 is 9.57 Å². The number of ether oxygens (including phenoxy) is 1. The number of rotatable bonds is 11. The van der Waals surface area contributed by atoms with Crippen molar-refractivity contribution >= 4 is 83.4 Å². The fraction of sp³-hybridized carbons (Fsp3) is 0.765. The van der Waals surface area contributed by atoms with Crippen molar-refractivity contribution in [2.45, 2.75) is 71.1 Å². The Bertz CT molecular complexity index is 447. The van der Waals surface area contributed by atoms with Crippen molar-refractivity contribution in [3.8, 4) is 0 Å². The summed E-state index contributed by atoms with van der Waals surface area (Å²) in [6.07, 6.45) is 11.6. The van der Waals surface area contributed by atoms with E-state index in [0.29, 0.717) is 19.5 Å². The van der Waals surface area contributed by atoms with Crippen molar-refractivity contribution in [2.24, 2.45) is 4.99 Å². The summed E-state index contributed by atoms with van der Waals surface area (Å²) in [4.78, 5) is 42.8. The van der Waals surface area contributed by atoms with Crippen molar-refractivity contribution in [2.75, 3.05) is 13.1 Å². The third-order valence-corrected chi connectivity index (χ3v) is 3.72. The maximum atomic E-state index is 11.5. The van der Waals surface area contributed by atoms with Gasteiger partial charge >= 0.3 is 77.0 Å². The molecule has 140 valence electrons. The Balaban J connectivity index is 0. The fourth-order valence-corrected chi connectivity index (χ4v) is 2.35. The Hall–Kier alpha value is 0.0800. The Morgan fingerprint density at radius 3 is 2.04 bits per heavy atom. The molecular formula is C17H30N2Na2O5. The molecule has 0 spiro atoms. The van der Waals surface area contributed by atoms with Gasteiger partial charge in [-0.3, -0.25) is 9.79 Å². The van der Waals surface area contributed by atoms with Gasteiger partial charge in [0.2, 0.25) is 0 Å². The van der Waals surface area contributed by atoms with Gasteiger partial charge in [-0.25, -0.2) is 9.59 Å².